The largest absolute Gasteiger partial charge is 0.449 e. The Morgan fingerprint density at radius 2 is 1.54 bits per heavy atom. The van der Waals surface area contributed by atoms with Crippen LogP contribution in [0.5, 0.6) is 0 Å². The highest BCUT2D eigenvalue weighted by Gasteiger charge is 2.22. The minimum atomic E-state index is -1.00. The van der Waals surface area contributed by atoms with Gasteiger partial charge in [-0.3, -0.25) is 4.79 Å². The van der Waals surface area contributed by atoms with Crippen molar-refractivity contribution in [1.29, 1.82) is 0 Å². The molecule has 136 valence electrons. The molecule has 1 unspecified atom stereocenters. The second-order valence-corrected chi connectivity index (χ2v) is 5.36. The van der Waals surface area contributed by atoms with Gasteiger partial charge >= 0.3 is 12.0 Å². The number of nitrogens with one attached hydrogen (secondary N) is 2. The standard InChI is InChI=1S/C18H18FN3O4/c1-2-15(16(23)21-13-9-5-12(19)6-10-13)26-17(24)11-3-7-14(8-4-11)22-18(20)25/h3-10,15H,2H2,1H3,(H,21,23)(H3,20,22,25). The lowest BCUT2D eigenvalue weighted by Crippen LogP contribution is -2.32. The van der Waals surface area contributed by atoms with Crippen LogP contribution in [0.1, 0.15) is 23.7 Å². The Bertz CT molecular complexity index is 791. The number of benzene rings is 2. The quantitative estimate of drug-likeness (QED) is 0.689. The van der Waals surface area contributed by atoms with Crippen LogP contribution >= 0.6 is 0 Å². The lowest BCUT2D eigenvalue weighted by atomic mass is 10.2. The van der Waals surface area contributed by atoms with Crippen molar-refractivity contribution in [2.75, 3.05) is 10.6 Å². The van der Waals surface area contributed by atoms with Gasteiger partial charge in [0.2, 0.25) is 0 Å². The minimum Gasteiger partial charge on any atom is -0.449 e. The third-order valence-electron chi connectivity index (χ3n) is 3.41. The van der Waals surface area contributed by atoms with Crippen molar-refractivity contribution in [3.63, 3.8) is 0 Å². The third kappa shape index (κ3) is 5.30. The first-order chi connectivity index (χ1) is 12.4. The van der Waals surface area contributed by atoms with Crippen LogP contribution in [0, 0.1) is 5.82 Å². The van der Waals surface area contributed by atoms with E-state index in [2.05, 4.69) is 10.6 Å². The molecule has 3 amide bonds. The van der Waals surface area contributed by atoms with Crippen LogP contribution in [0.25, 0.3) is 0 Å². The molecule has 4 N–H and O–H groups in total. The fourth-order valence-electron chi connectivity index (χ4n) is 2.11. The van der Waals surface area contributed by atoms with Crippen molar-refractivity contribution in [3.8, 4) is 0 Å². The smallest absolute Gasteiger partial charge is 0.338 e. The third-order valence-corrected chi connectivity index (χ3v) is 3.41. The molecule has 0 saturated heterocycles. The van der Waals surface area contributed by atoms with Gasteiger partial charge in [0.05, 0.1) is 5.56 Å². The highest BCUT2D eigenvalue weighted by molar-refractivity contribution is 5.97. The fourth-order valence-corrected chi connectivity index (χ4v) is 2.11. The number of hydrogen-bond donors (Lipinski definition) is 3. The van der Waals surface area contributed by atoms with Crippen molar-refractivity contribution in [1.82, 2.24) is 0 Å². The van der Waals surface area contributed by atoms with Crippen LogP contribution in [0.2, 0.25) is 0 Å². The lowest BCUT2D eigenvalue weighted by Gasteiger charge is -2.16. The lowest BCUT2D eigenvalue weighted by molar-refractivity contribution is -0.124. The molecule has 1 atom stereocenters. The Morgan fingerprint density at radius 1 is 1.00 bits per heavy atom. The summed E-state index contributed by atoms with van der Waals surface area (Å²) in [6.45, 7) is 1.70. The van der Waals surface area contributed by atoms with Crippen molar-refractivity contribution in [2.45, 2.75) is 19.4 Å². The predicted octanol–water partition coefficient (Wildman–Crippen LogP) is 2.89. The van der Waals surface area contributed by atoms with E-state index in [4.69, 9.17) is 10.5 Å². The van der Waals surface area contributed by atoms with Gasteiger partial charge in [0.1, 0.15) is 5.82 Å². The molecule has 0 aliphatic heterocycles. The normalized spacial score (nSPS) is 11.3. The van der Waals surface area contributed by atoms with Crippen LogP contribution in [0.15, 0.2) is 48.5 Å². The van der Waals surface area contributed by atoms with Crippen molar-refractivity contribution in [2.24, 2.45) is 5.73 Å². The monoisotopic (exact) mass is 359 g/mol. The summed E-state index contributed by atoms with van der Waals surface area (Å²) >= 11 is 0. The molecule has 0 fully saturated rings. The molecule has 0 heterocycles. The second kappa shape index (κ2) is 8.61. The molecule has 7 nitrogen and oxygen atoms in total. The molecule has 2 rings (SSSR count). The van der Waals surface area contributed by atoms with E-state index < -0.39 is 29.8 Å². The summed E-state index contributed by atoms with van der Waals surface area (Å²) in [5.41, 5.74) is 6.04. The van der Waals surface area contributed by atoms with Crippen LogP contribution in [0.3, 0.4) is 0 Å². The van der Waals surface area contributed by atoms with E-state index in [1.807, 2.05) is 0 Å². The Labute approximate surface area is 149 Å². The average Bonchev–Trinajstić information content (AvgIpc) is 2.61. The van der Waals surface area contributed by atoms with Gasteiger partial charge in [-0.05, 0) is 55.0 Å². The molecule has 0 spiro atoms. The molecule has 0 radical (unpaired) electrons. The van der Waals surface area contributed by atoms with Crippen LogP contribution in [-0.4, -0.2) is 24.0 Å². The number of amides is 3. The van der Waals surface area contributed by atoms with Gasteiger partial charge in [-0.2, -0.15) is 0 Å². The number of anilines is 2. The summed E-state index contributed by atoms with van der Waals surface area (Å²) in [5, 5.41) is 4.93. The van der Waals surface area contributed by atoms with Gasteiger partial charge < -0.3 is 21.1 Å². The Morgan fingerprint density at radius 3 is 2.08 bits per heavy atom. The molecule has 8 heteroatoms. The average molecular weight is 359 g/mol. The molecule has 2 aromatic carbocycles. The van der Waals surface area contributed by atoms with Crippen molar-refractivity contribution in [3.05, 3.63) is 59.9 Å². The van der Waals surface area contributed by atoms with Gasteiger partial charge in [0.15, 0.2) is 6.10 Å². The van der Waals surface area contributed by atoms with E-state index in [-0.39, 0.29) is 12.0 Å². The van der Waals surface area contributed by atoms with Crippen LogP contribution < -0.4 is 16.4 Å². The van der Waals surface area contributed by atoms with Gasteiger partial charge in [0, 0.05) is 11.4 Å². The van der Waals surface area contributed by atoms with Gasteiger partial charge in [0.25, 0.3) is 5.91 Å². The summed E-state index contributed by atoms with van der Waals surface area (Å²) in [4.78, 5) is 35.2. The zero-order valence-electron chi connectivity index (χ0n) is 14.0. The molecular formula is C18H18FN3O4. The summed E-state index contributed by atoms with van der Waals surface area (Å²) in [6.07, 6.45) is -0.740. The molecule has 0 aliphatic rings. The highest BCUT2D eigenvalue weighted by Crippen LogP contribution is 2.14. The van der Waals surface area contributed by atoms with Gasteiger partial charge in [-0.15, -0.1) is 0 Å². The van der Waals surface area contributed by atoms with E-state index in [1.54, 1.807) is 6.92 Å². The zero-order valence-corrected chi connectivity index (χ0v) is 14.0. The molecular weight excluding hydrogens is 341 g/mol. The van der Waals surface area contributed by atoms with E-state index in [9.17, 15) is 18.8 Å². The number of carbonyl (C=O) groups excluding carboxylic acids is 3. The van der Waals surface area contributed by atoms with Crippen molar-refractivity contribution < 1.29 is 23.5 Å². The molecule has 2 aromatic rings. The minimum absolute atomic E-state index is 0.216. The number of hydrogen-bond acceptors (Lipinski definition) is 4. The summed E-state index contributed by atoms with van der Waals surface area (Å²) < 4.78 is 18.1. The maximum absolute atomic E-state index is 12.9. The maximum Gasteiger partial charge on any atom is 0.338 e. The fraction of sp³-hybridized carbons (Fsp3) is 0.167. The Hall–Kier alpha value is -3.42. The number of urea groups is 1. The number of nitrogens with two attached hydrogens (primary N) is 1. The van der Waals surface area contributed by atoms with E-state index in [0.29, 0.717) is 11.4 Å². The first-order valence-electron chi connectivity index (χ1n) is 7.83. The first-order valence-corrected chi connectivity index (χ1v) is 7.83. The van der Waals surface area contributed by atoms with Gasteiger partial charge in [-0.25, -0.2) is 14.0 Å². The number of rotatable bonds is 6. The second-order valence-electron chi connectivity index (χ2n) is 5.36. The summed E-state index contributed by atoms with van der Waals surface area (Å²) in [5.74, 6) is -1.62. The molecule has 0 aliphatic carbocycles. The summed E-state index contributed by atoms with van der Waals surface area (Å²) in [6, 6.07) is 10.4. The van der Waals surface area contributed by atoms with Gasteiger partial charge in [-0.1, -0.05) is 6.92 Å². The molecule has 0 saturated carbocycles. The number of halogens is 1. The Balaban J connectivity index is 1.99. The first kappa shape index (κ1) is 18.9. The summed E-state index contributed by atoms with van der Waals surface area (Å²) in [7, 11) is 0. The van der Waals surface area contributed by atoms with Crippen LogP contribution in [-0.2, 0) is 9.53 Å². The molecule has 26 heavy (non-hydrogen) atoms. The van der Waals surface area contributed by atoms with E-state index >= 15 is 0 Å². The number of primary amides is 1. The number of esters is 1. The SMILES string of the molecule is CCC(OC(=O)c1ccc(NC(N)=O)cc1)C(=O)Nc1ccc(F)cc1. The molecule has 0 aromatic heterocycles. The van der Waals surface area contributed by atoms with E-state index in [0.717, 1.165) is 0 Å². The van der Waals surface area contributed by atoms with Crippen molar-refractivity contribution >= 4 is 29.3 Å². The highest BCUT2D eigenvalue weighted by atomic mass is 19.1. The number of ether oxygens (including phenoxy) is 1. The van der Waals surface area contributed by atoms with E-state index in [1.165, 1.54) is 48.5 Å². The maximum atomic E-state index is 12.9. The topological polar surface area (TPSA) is 111 Å². The predicted molar refractivity (Wildman–Crippen MR) is 94.2 cm³/mol. The zero-order chi connectivity index (χ0) is 19.1. The Kier molecular flexibility index (Phi) is 6.26. The molecule has 0 bridgehead atoms. The van der Waals surface area contributed by atoms with Crippen LogP contribution in [0.4, 0.5) is 20.6 Å². The number of carbonyl (C=O) groups is 3.